The second-order valence-electron chi connectivity index (χ2n) is 4.09. The monoisotopic (exact) mass is 262 g/mol. The summed E-state index contributed by atoms with van der Waals surface area (Å²) >= 11 is 3.96. The molecule has 0 bridgehead atoms. The van der Waals surface area contributed by atoms with Crippen LogP contribution in [0.3, 0.4) is 0 Å². The zero-order valence-electron chi connectivity index (χ0n) is 9.91. The number of rotatable bonds is 6. The Morgan fingerprint density at radius 1 is 1.56 bits per heavy atom. The smallest absolute Gasteiger partial charge is 0.220 e. The zero-order valence-corrected chi connectivity index (χ0v) is 11.5. The van der Waals surface area contributed by atoms with E-state index in [0.717, 1.165) is 13.0 Å². The second-order valence-corrected chi connectivity index (χ2v) is 6.64. The number of thioether (sulfide) groups is 2. The average Bonchev–Trinajstić information content (AvgIpc) is 2.34. The number of amides is 1. The molecule has 0 aromatic rings. The molecule has 0 saturated carbocycles. The van der Waals surface area contributed by atoms with E-state index < -0.39 is 0 Å². The molecule has 1 fully saturated rings. The molecule has 0 aromatic carbocycles. The third-order valence-electron chi connectivity index (χ3n) is 2.80. The first-order valence-electron chi connectivity index (χ1n) is 5.92. The highest BCUT2D eigenvalue weighted by Crippen LogP contribution is 2.23. The Labute approximate surface area is 107 Å². The van der Waals surface area contributed by atoms with Crippen LogP contribution in [0.25, 0.3) is 0 Å². The van der Waals surface area contributed by atoms with Crippen molar-refractivity contribution in [3.63, 3.8) is 0 Å². The molecule has 0 radical (unpaired) electrons. The second kappa shape index (κ2) is 8.25. The molecule has 1 aliphatic heterocycles. The van der Waals surface area contributed by atoms with Crippen LogP contribution in [0.4, 0.5) is 0 Å². The lowest BCUT2D eigenvalue weighted by Crippen LogP contribution is -2.35. The van der Waals surface area contributed by atoms with Gasteiger partial charge < -0.3 is 11.1 Å². The van der Waals surface area contributed by atoms with Gasteiger partial charge in [0, 0.05) is 35.5 Å². The summed E-state index contributed by atoms with van der Waals surface area (Å²) in [5.41, 5.74) is 5.58. The molecule has 1 rings (SSSR count). The Hall–Kier alpha value is 0.130. The summed E-state index contributed by atoms with van der Waals surface area (Å²) in [6.45, 7) is 3.51. The molecule has 2 unspecified atom stereocenters. The fourth-order valence-corrected chi connectivity index (χ4v) is 4.22. The van der Waals surface area contributed by atoms with Gasteiger partial charge in [0.2, 0.25) is 5.91 Å². The van der Waals surface area contributed by atoms with Gasteiger partial charge in [-0.05, 0) is 12.5 Å². The molecule has 0 spiro atoms. The Bertz CT molecular complexity index is 204. The molecule has 3 nitrogen and oxygen atoms in total. The minimum Gasteiger partial charge on any atom is -0.355 e. The van der Waals surface area contributed by atoms with Gasteiger partial charge in [-0.15, -0.1) is 0 Å². The first-order chi connectivity index (χ1) is 7.76. The molecule has 1 aliphatic rings. The van der Waals surface area contributed by atoms with Gasteiger partial charge in [-0.2, -0.15) is 23.5 Å². The van der Waals surface area contributed by atoms with Gasteiger partial charge in [0.1, 0.15) is 0 Å². The molecular weight excluding hydrogens is 240 g/mol. The van der Waals surface area contributed by atoms with E-state index in [2.05, 4.69) is 12.2 Å². The van der Waals surface area contributed by atoms with Gasteiger partial charge in [-0.1, -0.05) is 13.3 Å². The SMILES string of the molecule is CCC(CN)CC(=O)NCC1CSCCS1. The van der Waals surface area contributed by atoms with Gasteiger partial charge in [-0.25, -0.2) is 0 Å². The lowest BCUT2D eigenvalue weighted by Gasteiger charge is -2.21. The summed E-state index contributed by atoms with van der Waals surface area (Å²) in [5.74, 6) is 4.13. The third kappa shape index (κ3) is 5.46. The van der Waals surface area contributed by atoms with E-state index in [-0.39, 0.29) is 5.91 Å². The molecule has 1 saturated heterocycles. The van der Waals surface area contributed by atoms with Crippen LogP contribution in [0.2, 0.25) is 0 Å². The predicted octanol–water partition coefficient (Wildman–Crippen LogP) is 1.33. The van der Waals surface area contributed by atoms with Crippen LogP contribution in [-0.4, -0.2) is 41.5 Å². The van der Waals surface area contributed by atoms with E-state index >= 15 is 0 Å². The van der Waals surface area contributed by atoms with E-state index in [0.29, 0.717) is 24.1 Å². The minimum absolute atomic E-state index is 0.161. The fraction of sp³-hybridized carbons (Fsp3) is 0.909. The zero-order chi connectivity index (χ0) is 11.8. The van der Waals surface area contributed by atoms with E-state index in [9.17, 15) is 4.79 Å². The van der Waals surface area contributed by atoms with Gasteiger partial charge in [0.15, 0.2) is 0 Å². The van der Waals surface area contributed by atoms with Crippen LogP contribution >= 0.6 is 23.5 Å². The van der Waals surface area contributed by atoms with Crippen molar-refractivity contribution < 1.29 is 4.79 Å². The molecule has 0 aromatic heterocycles. The van der Waals surface area contributed by atoms with Crippen LogP contribution in [0.5, 0.6) is 0 Å². The van der Waals surface area contributed by atoms with Gasteiger partial charge in [-0.3, -0.25) is 4.79 Å². The first kappa shape index (κ1) is 14.2. The normalized spacial score (nSPS) is 22.8. The Morgan fingerprint density at radius 2 is 2.38 bits per heavy atom. The third-order valence-corrected chi connectivity index (χ3v) is 5.64. The number of hydrogen-bond donors (Lipinski definition) is 2. The quantitative estimate of drug-likeness (QED) is 0.758. The van der Waals surface area contributed by atoms with Crippen molar-refractivity contribution in [2.24, 2.45) is 11.7 Å². The van der Waals surface area contributed by atoms with Crippen LogP contribution in [-0.2, 0) is 4.79 Å². The average molecular weight is 262 g/mol. The van der Waals surface area contributed by atoms with Gasteiger partial charge in [0.05, 0.1) is 0 Å². The van der Waals surface area contributed by atoms with Crippen molar-refractivity contribution in [3.05, 3.63) is 0 Å². The molecule has 5 heteroatoms. The fourth-order valence-electron chi connectivity index (χ4n) is 1.61. The summed E-state index contributed by atoms with van der Waals surface area (Å²) < 4.78 is 0. The van der Waals surface area contributed by atoms with Crippen molar-refractivity contribution >= 4 is 29.4 Å². The summed E-state index contributed by atoms with van der Waals surface area (Å²) in [7, 11) is 0. The maximum absolute atomic E-state index is 11.6. The predicted molar refractivity (Wildman–Crippen MR) is 74.0 cm³/mol. The Kier molecular flexibility index (Phi) is 7.32. The summed E-state index contributed by atoms with van der Waals surface area (Å²) in [5, 5.41) is 3.62. The van der Waals surface area contributed by atoms with E-state index in [1.54, 1.807) is 0 Å². The highest BCUT2D eigenvalue weighted by atomic mass is 32.2. The van der Waals surface area contributed by atoms with Crippen molar-refractivity contribution in [1.82, 2.24) is 5.32 Å². The lowest BCUT2D eigenvalue weighted by atomic mass is 10.0. The number of hydrogen-bond acceptors (Lipinski definition) is 4. The highest BCUT2D eigenvalue weighted by molar-refractivity contribution is 8.06. The van der Waals surface area contributed by atoms with Gasteiger partial charge >= 0.3 is 0 Å². The van der Waals surface area contributed by atoms with Crippen molar-refractivity contribution in [3.8, 4) is 0 Å². The molecule has 0 aliphatic carbocycles. The first-order valence-corrected chi connectivity index (χ1v) is 8.12. The molecular formula is C11H22N2OS2. The maximum atomic E-state index is 11.6. The Morgan fingerprint density at radius 3 is 2.94 bits per heavy atom. The number of carbonyl (C=O) groups excluding carboxylic acids is 1. The molecule has 3 N–H and O–H groups in total. The highest BCUT2D eigenvalue weighted by Gasteiger charge is 2.16. The molecule has 94 valence electrons. The lowest BCUT2D eigenvalue weighted by molar-refractivity contribution is -0.121. The van der Waals surface area contributed by atoms with E-state index in [4.69, 9.17) is 5.73 Å². The molecule has 16 heavy (non-hydrogen) atoms. The molecule has 1 amide bonds. The number of nitrogens with one attached hydrogen (secondary N) is 1. The van der Waals surface area contributed by atoms with Crippen LogP contribution < -0.4 is 11.1 Å². The molecule has 1 heterocycles. The standard InChI is InChI=1S/C11H22N2OS2/c1-2-9(6-12)5-11(14)13-7-10-8-15-3-4-16-10/h9-10H,2-8,12H2,1H3,(H,13,14). The van der Waals surface area contributed by atoms with Crippen LogP contribution in [0, 0.1) is 5.92 Å². The summed E-state index contributed by atoms with van der Waals surface area (Å²) in [4.78, 5) is 11.6. The summed E-state index contributed by atoms with van der Waals surface area (Å²) in [6, 6.07) is 0. The van der Waals surface area contributed by atoms with Crippen LogP contribution in [0.1, 0.15) is 19.8 Å². The van der Waals surface area contributed by atoms with Crippen LogP contribution in [0.15, 0.2) is 0 Å². The minimum atomic E-state index is 0.161. The molecule has 2 atom stereocenters. The van der Waals surface area contributed by atoms with Crippen molar-refractivity contribution in [2.45, 2.75) is 25.0 Å². The maximum Gasteiger partial charge on any atom is 0.220 e. The van der Waals surface area contributed by atoms with Crippen molar-refractivity contribution in [1.29, 1.82) is 0 Å². The Balaban J connectivity index is 2.13. The topological polar surface area (TPSA) is 55.1 Å². The number of nitrogens with two attached hydrogens (primary N) is 1. The largest absolute Gasteiger partial charge is 0.355 e. The van der Waals surface area contributed by atoms with E-state index in [1.807, 2.05) is 23.5 Å². The summed E-state index contributed by atoms with van der Waals surface area (Å²) in [6.07, 6.45) is 1.56. The number of carbonyl (C=O) groups is 1. The van der Waals surface area contributed by atoms with Crippen molar-refractivity contribution in [2.75, 3.05) is 30.3 Å². The van der Waals surface area contributed by atoms with E-state index in [1.165, 1.54) is 17.3 Å². The van der Waals surface area contributed by atoms with Gasteiger partial charge in [0.25, 0.3) is 0 Å².